The van der Waals surface area contributed by atoms with Crippen molar-refractivity contribution in [3.63, 3.8) is 0 Å². The number of hydrogen-bond acceptors (Lipinski definition) is 3. The minimum atomic E-state index is -0.294. The van der Waals surface area contributed by atoms with Crippen LogP contribution in [0.1, 0.15) is 25.5 Å². The molecule has 2 N–H and O–H groups in total. The smallest absolute Gasteiger partial charge is 0.124 e. The van der Waals surface area contributed by atoms with Crippen LogP contribution in [0.3, 0.4) is 0 Å². The van der Waals surface area contributed by atoms with Crippen molar-refractivity contribution in [2.75, 3.05) is 32.8 Å². The summed E-state index contributed by atoms with van der Waals surface area (Å²) in [4.78, 5) is 2.37. The molecular formula is C15H22BrFN2O. The number of piperazine rings is 1. The van der Waals surface area contributed by atoms with Crippen molar-refractivity contribution < 1.29 is 9.50 Å². The highest BCUT2D eigenvalue weighted by Crippen LogP contribution is 2.41. The molecule has 1 aromatic carbocycles. The van der Waals surface area contributed by atoms with Crippen molar-refractivity contribution in [2.24, 2.45) is 5.41 Å². The van der Waals surface area contributed by atoms with Crippen molar-refractivity contribution in [3.8, 4) is 0 Å². The Bertz CT molecular complexity index is 461. The van der Waals surface area contributed by atoms with E-state index in [1.165, 1.54) is 12.1 Å². The largest absolute Gasteiger partial charge is 0.396 e. The summed E-state index contributed by atoms with van der Waals surface area (Å²) in [7, 11) is 0. The van der Waals surface area contributed by atoms with Gasteiger partial charge >= 0.3 is 0 Å². The Labute approximate surface area is 128 Å². The Morgan fingerprint density at radius 2 is 2.05 bits per heavy atom. The van der Waals surface area contributed by atoms with E-state index in [0.717, 1.165) is 36.2 Å². The minimum Gasteiger partial charge on any atom is -0.396 e. The van der Waals surface area contributed by atoms with E-state index in [2.05, 4.69) is 40.0 Å². The average molecular weight is 345 g/mol. The normalized spacial score (nSPS) is 19.1. The molecule has 5 heteroatoms. The number of aliphatic hydroxyl groups is 1. The minimum absolute atomic E-state index is 0.0598. The highest BCUT2D eigenvalue weighted by atomic mass is 79.9. The first kappa shape index (κ1) is 15.9. The van der Waals surface area contributed by atoms with Crippen LogP contribution in [0.2, 0.25) is 0 Å². The second-order valence-corrected chi connectivity index (χ2v) is 6.86. The summed E-state index contributed by atoms with van der Waals surface area (Å²) in [5.74, 6) is -0.249. The van der Waals surface area contributed by atoms with Crippen molar-refractivity contribution in [1.29, 1.82) is 0 Å². The summed E-state index contributed by atoms with van der Waals surface area (Å²) in [6.07, 6.45) is 0. The molecule has 0 spiro atoms. The van der Waals surface area contributed by atoms with Crippen LogP contribution in [-0.2, 0) is 0 Å². The Balaban J connectivity index is 2.39. The van der Waals surface area contributed by atoms with Gasteiger partial charge in [-0.05, 0) is 17.7 Å². The number of hydrogen-bond donors (Lipinski definition) is 2. The van der Waals surface area contributed by atoms with E-state index < -0.39 is 0 Å². The van der Waals surface area contributed by atoms with Gasteiger partial charge in [0, 0.05) is 48.7 Å². The third-order valence-electron chi connectivity index (χ3n) is 3.92. The van der Waals surface area contributed by atoms with E-state index >= 15 is 0 Å². The van der Waals surface area contributed by atoms with Crippen molar-refractivity contribution >= 4 is 15.9 Å². The summed E-state index contributed by atoms with van der Waals surface area (Å²) in [6, 6.07) is 4.87. The number of nitrogens with zero attached hydrogens (tertiary/aromatic N) is 1. The quantitative estimate of drug-likeness (QED) is 0.881. The maximum atomic E-state index is 13.3. The number of halogens is 2. The summed E-state index contributed by atoms with van der Waals surface area (Å²) in [6.45, 7) is 7.93. The molecule has 1 heterocycles. The first-order chi connectivity index (χ1) is 9.45. The fourth-order valence-corrected chi connectivity index (χ4v) is 3.43. The van der Waals surface area contributed by atoms with E-state index in [1.54, 1.807) is 0 Å². The topological polar surface area (TPSA) is 35.5 Å². The van der Waals surface area contributed by atoms with Crippen LogP contribution in [0.5, 0.6) is 0 Å². The van der Waals surface area contributed by atoms with E-state index in [9.17, 15) is 9.50 Å². The molecule has 1 atom stereocenters. The molecule has 0 unspecified atom stereocenters. The average Bonchev–Trinajstić information content (AvgIpc) is 2.43. The second-order valence-electron chi connectivity index (χ2n) is 6.00. The second kappa shape index (κ2) is 6.52. The summed E-state index contributed by atoms with van der Waals surface area (Å²) >= 11 is 3.47. The van der Waals surface area contributed by atoms with Crippen LogP contribution < -0.4 is 5.32 Å². The maximum absolute atomic E-state index is 13.3. The Hall–Kier alpha value is -0.490. The SMILES string of the molecule is CC(C)(CO)[C@@H](c1ccc(F)cc1Br)N1CCNCC1. The van der Waals surface area contributed by atoms with E-state index in [4.69, 9.17) is 0 Å². The van der Waals surface area contributed by atoms with Crippen molar-refractivity contribution in [3.05, 3.63) is 34.1 Å². The van der Waals surface area contributed by atoms with Crippen molar-refractivity contribution in [2.45, 2.75) is 19.9 Å². The first-order valence-corrected chi connectivity index (χ1v) is 7.75. The van der Waals surface area contributed by atoms with Gasteiger partial charge in [-0.25, -0.2) is 4.39 Å². The van der Waals surface area contributed by atoms with Gasteiger partial charge in [0.1, 0.15) is 5.82 Å². The summed E-state index contributed by atoms with van der Waals surface area (Å²) < 4.78 is 14.1. The molecular weight excluding hydrogens is 323 g/mol. The predicted octanol–water partition coefficient (Wildman–Crippen LogP) is 2.55. The third-order valence-corrected chi connectivity index (χ3v) is 4.61. The van der Waals surface area contributed by atoms with Crippen molar-refractivity contribution in [1.82, 2.24) is 10.2 Å². The van der Waals surface area contributed by atoms with E-state index in [1.807, 2.05) is 6.07 Å². The molecule has 1 fully saturated rings. The van der Waals surface area contributed by atoms with Crippen LogP contribution in [0.4, 0.5) is 4.39 Å². The molecule has 0 radical (unpaired) electrons. The molecule has 0 aromatic heterocycles. The molecule has 0 aliphatic carbocycles. The van der Waals surface area contributed by atoms with Crippen LogP contribution in [-0.4, -0.2) is 42.8 Å². The van der Waals surface area contributed by atoms with Gasteiger partial charge in [-0.2, -0.15) is 0 Å². The van der Waals surface area contributed by atoms with Gasteiger partial charge in [0.15, 0.2) is 0 Å². The van der Waals surface area contributed by atoms with Crippen LogP contribution >= 0.6 is 15.9 Å². The maximum Gasteiger partial charge on any atom is 0.124 e. The molecule has 1 saturated heterocycles. The van der Waals surface area contributed by atoms with Crippen LogP contribution in [0.15, 0.2) is 22.7 Å². The molecule has 1 aliphatic rings. The zero-order valence-electron chi connectivity index (χ0n) is 12.0. The molecule has 1 aliphatic heterocycles. The van der Waals surface area contributed by atoms with Gasteiger partial charge in [0.25, 0.3) is 0 Å². The molecule has 0 amide bonds. The number of nitrogens with one attached hydrogen (secondary N) is 1. The summed E-state index contributed by atoms with van der Waals surface area (Å²) in [5, 5.41) is 13.1. The fourth-order valence-electron chi connectivity index (χ4n) is 2.86. The lowest BCUT2D eigenvalue weighted by Gasteiger charge is -2.43. The fraction of sp³-hybridized carbons (Fsp3) is 0.600. The standard InChI is InChI=1S/C15H22BrFN2O/c1-15(2,10-20)14(19-7-5-18-6-8-19)12-4-3-11(17)9-13(12)16/h3-4,9,14,18,20H,5-8,10H2,1-2H3/t14-/m1/s1. The third kappa shape index (κ3) is 3.39. The highest BCUT2D eigenvalue weighted by Gasteiger charge is 2.36. The number of benzene rings is 1. The lowest BCUT2D eigenvalue weighted by atomic mass is 9.79. The summed E-state index contributed by atoms with van der Waals surface area (Å²) in [5.41, 5.74) is 0.741. The molecule has 0 saturated carbocycles. The molecule has 20 heavy (non-hydrogen) atoms. The lowest BCUT2D eigenvalue weighted by Crippen LogP contribution is -2.49. The Kier molecular flexibility index (Phi) is 5.18. The Morgan fingerprint density at radius 1 is 1.40 bits per heavy atom. The van der Waals surface area contributed by atoms with E-state index in [0.29, 0.717) is 0 Å². The van der Waals surface area contributed by atoms with E-state index in [-0.39, 0.29) is 23.9 Å². The lowest BCUT2D eigenvalue weighted by molar-refractivity contribution is 0.0301. The zero-order valence-corrected chi connectivity index (χ0v) is 13.6. The van der Waals surface area contributed by atoms with Crippen LogP contribution in [0.25, 0.3) is 0 Å². The highest BCUT2D eigenvalue weighted by molar-refractivity contribution is 9.10. The van der Waals surface area contributed by atoms with Gasteiger partial charge in [-0.3, -0.25) is 4.90 Å². The predicted molar refractivity (Wildman–Crippen MR) is 82.2 cm³/mol. The molecule has 2 rings (SSSR count). The van der Waals surface area contributed by atoms with Gasteiger partial charge in [0.05, 0.1) is 0 Å². The number of rotatable bonds is 4. The molecule has 1 aromatic rings. The molecule has 3 nitrogen and oxygen atoms in total. The first-order valence-electron chi connectivity index (χ1n) is 6.96. The number of aliphatic hydroxyl groups excluding tert-OH is 1. The zero-order chi connectivity index (χ0) is 14.8. The molecule has 112 valence electrons. The van der Waals surface area contributed by atoms with Gasteiger partial charge in [0.2, 0.25) is 0 Å². The van der Waals surface area contributed by atoms with Crippen LogP contribution in [0, 0.1) is 11.2 Å². The van der Waals surface area contributed by atoms with Gasteiger partial charge in [-0.15, -0.1) is 0 Å². The van der Waals surface area contributed by atoms with Gasteiger partial charge < -0.3 is 10.4 Å². The Morgan fingerprint density at radius 3 is 2.60 bits per heavy atom. The monoisotopic (exact) mass is 344 g/mol. The molecule has 0 bridgehead atoms. The van der Waals surface area contributed by atoms with Gasteiger partial charge in [-0.1, -0.05) is 35.8 Å².